The summed E-state index contributed by atoms with van der Waals surface area (Å²) in [6.07, 6.45) is 2.67. The summed E-state index contributed by atoms with van der Waals surface area (Å²) in [6, 6.07) is 5.01. The number of halogens is 1. The van der Waals surface area contributed by atoms with Crippen LogP contribution < -0.4 is 4.79 Å². The molecule has 1 rings (SSSR count). The molecule has 1 aromatic rings. The van der Waals surface area contributed by atoms with E-state index in [0.29, 0.717) is 4.79 Å². The van der Waals surface area contributed by atoms with E-state index in [1.807, 2.05) is 0 Å². The summed E-state index contributed by atoms with van der Waals surface area (Å²) in [7, 11) is -2.17. The second-order valence-electron chi connectivity index (χ2n) is 1.57. The van der Waals surface area contributed by atoms with Crippen LogP contribution >= 0.6 is 0 Å². The van der Waals surface area contributed by atoms with Gasteiger partial charge >= 0.3 is 7.32 Å². The molecule has 0 unspecified atom stereocenters. The molecular formula is C5H8BFNO3+. The van der Waals surface area contributed by atoms with E-state index in [2.05, 4.69) is 0 Å². The van der Waals surface area contributed by atoms with Crippen molar-refractivity contribution in [3.8, 4) is 0 Å². The van der Waals surface area contributed by atoms with Crippen LogP contribution in [0.25, 0.3) is 0 Å². The Morgan fingerprint density at radius 3 is 1.55 bits per heavy atom. The SMILES string of the molecule is F[n+]1ccccc1.OB(O)O. The maximum Gasteiger partial charge on any atom is 0.631 e. The minimum atomic E-state index is -2.17. The lowest BCUT2D eigenvalue weighted by Crippen LogP contribution is -2.18. The lowest BCUT2D eigenvalue weighted by molar-refractivity contribution is -0.843. The van der Waals surface area contributed by atoms with Crippen molar-refractivity contribution in [2.24, 2.45) is 0 Å². The van der Waals surface area contributed by atoms with Gasteiger partial charge in [-0.15, -0.1) is 0 Å². The monoisotopic (exact) mass is 160 g/mol. The van der Waals surface area contributed by atoms with Crippen molar-refractivity contribution in [1.29, 1.82) is 0 Å². The topological polar surface area (TPSA) is 64.6 Å². The zero-order valence-electron chi connectivity index (χ0n) is 5.63. The molecule has 0 spiro atoms. The molecule has 0 aliphatic rings. The van der Waals surface area contributed by atoms with Crippen molar-refractivity contribution in [3.63, 3.8) is 0 Å². The third kappa shape index (κ3) is 9.02. The molecule has 0 fully saturated rings. The number of pyridine rings is 1. The molecule has 11 heavy (non-hydrogen) atoms. The summed E-state index contributed by atoms with van der Waals surface area (Å²) in [5.41, 5.74) is 0. The maximum atomic E-state index is 11.8. The van der Waals surface area contributed by atoms with Gasteiger partial charge in [0.15, 0.2) is 0 Å². The second-order valence-corrected chi connectivity index (χ2v) is 1.57. The van der Waals surface area contributed by atoms with Gasteiger partial charge in [-0.2, -0.15) is 0 Å². The molecule has 0 radical (unpaired) electrons. The van der Waals surface area contributed by atoms with E-state index < -0.39 is 7.32 Å². The van der Waals surface area contributed by atoms with Crippen LogP contribution in [0.2, 0.25) is 0 Å². The highest BCUT2D eigenvalue weighted by molar-refractivity contribution is 6.30. The third-order valence-corrected chi connectivity index (χ3v) is 0.679. The number of hydrogen-bond acceptors (Lipinski definition) is 3. The fraction of sp³-hybridized carbons (Fsp3) is 0. The minimum Gasteiger partial charge on any atom is -0.402 e. The minimum absolute atomic E-state index is 0.500. The van der Waals surface area contributed by atoms with Gasteiger partial charge in [-0.3, -0.25) is 0 Å². The highest BCUT2D eigenvalue weighted by atomic mass is 19.2. The Balaban J connectivity index is 0.000000218. The zero-order chi connectivity index (χ0) is 8.69. The predicted molar refractivity (Wildman–Crippen MR) is 35.6 cm³/mol. The molecule has 0 amide bonds. The number of rotatable bonds is 0. The molecule has 0 aliphatic heterocycles. The Kier molecular flexibility index (Phi) is 5.27. The summed E-state index contributed by atoms with van der Waals surface area (Å²) in [4.78, 5) is 0.500. The molecule has 0 bridgehead atoms. The van der Waals surface area contributed by atoms with Crippen LogP contribution in [0.1, 0.15) is 0 Å². The molecule has 0 aliphatic carbocycles. The largest absolute Gasteiger partial charge is 0.631 e. The van der Waals surface area contributed by atoms with Gasteiger partial charge in [0.2, 0.25) is 12.4 Å². The van der Waals surface area contributed by atoms with Crippen molar-refractivity contribution >= 4 is 7.32 Å². The Labute approximate surface area is 63.3 Å². The van der Waals surface area contributed by atoms with Crippen LogP contribution in [0.15, 0.2) is 30.6 Å². The average molecular weight is 160 g/mol. The average Bonchev–Trinajstić information content (AvgIpc) is 1.87. The first-order valence-corrected chi connectivity index (χ1v) is 2.79. The molecule has 0 saturated heterocycles. The molecule has 0 aromatic carbocycles. The smallest absolute Gasteiger partial charge is 0.402 e. The third-order valence-electron chi connectivity index (χ3n) is 0.679. The van der Waals surface area contributed by atoms with Crippen molar-refractivity contribution in [1.82, 2.24) is 0 Å². The summed E-state index contributed by atoms with van der Waals surface area (Å²) in [5, 5.41) is 21.5. The summed E-state index contributed by atoms with van der Waals surface area (Å²) in [6.45, 7) is 0. The second kappa shape index (κ2) is 5.78. The van der Waals surface area contributed by atoms with Gasteiger partial charge in [0.05, 0.1) is 4.48 Å². The van der Waals surface area contributed by atoms with Gasteiger partial charge in [-0.25, -0.2) is 0 Å². The lowest BCUT2D eigenvalue weighted by Gasteiger charge is -1.69. The molecule has 3 N–H and O–H groups in total. The Hall–Kier alpha value is -0.975. The molecule has 0 saturated carbocycles. The van der Waals surface area contributed by atoms with Crippen LogP contribution in [0.5, 0.6) is 0 Å². The van der Waals surface area contributed by atoms with E-state index in [-0.39, 0.29) is 0 Å². The Bertz CT molecular complexity index is 182. The van der Waals surface area contributed by atoms with E-state index >= 15 is 0 Å². The van der Waals surface area contributed by atoms with Crippen molar-refractivity contribution in [3.05, 3.63) is 30.6 Å². The molecule has 60 valence electrons. The first kappa shape index (κ1) is 10.0. The molecule has 4 nitrogen and oxygen atoms in total. The Morgan fingerprint density at radius 1 is 1.00 bits per heavy atom. The molecule has 1 heterocycles. The first-order chi connectivity index (χ1) is 5.13. The maximum absolute atomic E-state index is 11.8. The molecule has 6 heteroatoms. The Morgan fingerprint density at radius 2 is 1.36 bits per heavy atom. The van der Waals surface area contributed by atoms with Gasteiger partial charge in [-0.05, 0) is 0 Å². The van der Waals surface area contributed by atoms with E-state index in [0.717, 1.165) is 0 Å². The van der Waals surface area contributed by atoms with Crippen LogP contribution in [0.3, 0.4) is 0 Å². The summed E-state index contributed by atoms with van der Waals surface area (Å²) >= 11 is 0. The molecular weight excluding hydrogens is 152 g/mol. The van der Waals surface area contributed by atoms with E-state index in [1.165, 1.54) is 12.4 Å². The van der Waals surface area contributed by atoms with Crippen LogP contribution in [0.4, 0.5) is 4.48 Å². The highest BCUT2D eigenvalue weighted by Gasteiger charge is 1.92. The highest BCUT2D eigenvalue weighted by Crippen LogP contribution is 1.73. The number of hydrogen-bond donors (Lipinski definition) is 3. The first-order valence-electron chi connectivity index (χ1n) is 2.79. The van der Waals surface area contributed by atoms with E-state index in [1.54, 1.807) is 18.2 Å². The van der Waals surface area contributed by atoms with Crippen LogP contribution in [-0.2, 0) is 0 Å². The molecule has 1 aromatic heterocycles. The standard InChI is InChI=1S/C5H5FN.BH3O3/c6-7-4-2-1-3-5-7;2-1(3)4/h1-5H;2-4H/q+1;. The van der Waals surface area contributed by atoms with Crippen molar-refractivity contribution < 1.29 is 24.3 Å². The van der Waals surface area contributed by atoms with E-state index in [4.69, 9.17) is 15.1 Å². The molecule has 0 atom stereocenters. The normalized spacial score (nSPS) is 8.00. The predicted octanol–water partition coefficient (Wildman–Crippen LogP) is -1.35. The van der Waals surface area contributed by atoms with Gasteiger partial charge in [-0.1, -0.05) is 6.07 Å². The lowest BCUT2D eigenvalue weighted by atomic mass is 10.3. The fourth-order valence-electron chi connectivity index (χ4n) is 0.378. The van der Waals surface area contributed by atoms with E-state index in [9.17, 15) is 4.48 Å². The van der Waals surface area contributed by atoms with Gasteiger partial charge in [0.1, 0.15) is 0 Å². The van der Waals surface area contributed by atoms with Crippen LogP contribution in [-0.4, -0.2) is 22.4 Å². The van der Waals surface area contributed by atoms with Gasteiger partial charge in [0, 0.05) is 16.9 Å². The fourth-order valence-corrected chi connectivity index (χ4v) is 0.378. The number of nitrogens with zero attached hydrogens (tertiary/aromatic N) is 1. The van der Waals surface area contributed by atoms with Crippen molar-refractivity contribution in [2.45, 2.75) is 0 Å². The van der Waals surface area contributed by atoms with Crippen LogP contribution in [0, 0.1) is 0 Å². The quantitative estimate of drug-likeness (QED) is 0.411. The summed E-state index contributed by atoms with van der Waals surface area (Å²) in [5.74, 6) is 0. The summed E-state index contributed by atoms with van der Waals surface area (Å²) < 4.78 is 11.8. The van der Waals surface area contributed by atoms with Crippen molar-refractivity contribution in [2.75, 3.05) is 0 Å². The zero-order valence-corrected chi connectivity index (χ0v) is 5.63. The van der Waals surface area contributed by atoms with Gasteiger partial charge < -0.3 is 15.1 Å². The van der Waals surface area contributed by atoms with Gasteiger partial charge in [0.25, 0.3) is 0 Å². The number of aromatic nitrogens is 1.